The van der Waals surface area contributed by atoms with Gasteiger partial charge in [0.25, 0.3) is 0 Å². The number of aromatic amines is 1. The van der Waals surface area contributed by atoms with E-state index < -0.39 is 0 Å². The van der Waals surface area contributed by atoms with Crippen LogP contribution in [-0.4, -0.2) is 4.37 Å². The Balaban J connectivity index is 3.22. The van der Waals surface area contributed by atoms with Crippen LogP contribution in [0.2, 0.25) is 0 Å². The quantitative estimate of drug-likeness (QED) is 0.358. The average Bonchev–Trinajstić information content (AvgIpc) is 2.14. The molecule has 1 aromatic heterocycles. The highest BCUT2D eigenvalue weighted by Crippen LogP contribution is 1.77. The second kappa shape index (κ2) is 1.79. The summed E-state index contributed by atoms with van der Waals surface area (Å²) in [6.45, 7) is 0. The summed E-state index contributed by atoms with van der Waals surface area (Å²) in [4.78, 5) is 0. The zero-order chi connectivity index (χ0) is 5.11. The van der Waals surface area contributed by atoms with Gasteiger partial charge >= 0.3 is 0 Å². The number of aromatic nitrogens is 1. The molecule has 1 rings (SSSR count). The molecule has 0 bridgehead atoms. The van der Waals surface area contributed by atoms with Gasteiger partial charge in [-0.15, -0.1) is 0 Å². The van der Waals surface area contributed by atoms with Crippen molar-refractivity contribution in [3.8, 4) is 0 Å². The van der Waals surface area contributed by atoms with Crippen LogP contribution >= 0.6 is 11.5 Å². The van der Waals surface area contributed by atoms with E-state index in [1.165, 1.54) is 11.5 Å². The van der Waals surface area contributed by atoms with Crippen molar-refractivity contribution in [2.75, 3.05) is 0 Å². The number of nitrogens with one attached hydrogen (secondary N) is 1. The van der Waals surface area contributed by atoms with E-state index in [1.54, 1.807) is 0 Å². The van der Waals surface area contributed by atoms with Gasteiger partial charge in [0.05, 0.1) is 0 Å². The van der Waals surface area contributed by atoms with E-state index in [1.807, 2.05) is 11.4 Å². The van der Waals surface area contributed by atoms with E-state index >= 15 is 0 Å². The van der Waals surface area contributed by atoms with Gasteiger partial charge in [-0.2, -0.15) is 5.10 Å². The van der Waals surface area contributed by atoms with Crippen molar-refractivity contribution in [3.63, 3.8) is 0 Å². The zero-order valence-corrected chi connectivity index (χ0v) is 4.40. The van der Waals surface area contributed by atoms with Crippen molar-refractivity contribution in [1.29, 1.82) is 0 Å². The maximum Gasteiger partial charge on any atom is 0.159 e. The fourth-order valence-corrected chi connectivity index (χ4v) is 0.803. The Hall–Kier alpha value is -0.770. The van der Waals surface area contributed by atoms with Crippen molar-refractivity contribution in [2.45, 2.75) is 0 Å². The lowest BCUT2D eigenvalue weighted by Gasteiger charge is -1.65. The Labute approximate surface area is 44.6 Å². The smallest absolute Gasteiger partial charge is 0.159 e. The van der Waals surface area contributed by atoms with Crippen LogP contribution in [0.3, 0.4) is 0 Å². The highest BCUT2D eigenvalue weighted by molar-refractivity contribution is 7.03. The van der Waals surface area contributed by atoms with Gasteiger partial charge in [-0.05, 0) is 6.07 Å². The average molecular weight is 115 g/mol. The fraction of sp³-hybridized carbons (Fsp3) is 0. The standard InChI is InChI=1S/C3H5N3S/c4-5-3-1-2-7-6-3/h1-2H,4H2,(H,5,6). The molecule has 0 aliphatic rings. The molecule has 3 N–H and O–H groups in total. The van der Waals surface area contributed by atoms with E-state index in [0.717, 1.165) is 5.49 Å². The summed E-state index contributed by atoms with van der Waals surface area (Å²) >= 11 is 1.47. The van der Waals surface area contributed by atoms with E-state index in [0.29, 0.717) is 0 Å². The topological polar surface area (TPSA) is 54.2 Å². The molecular weight excluding hydrogens is 110 g/mol. The molecule has 7 heavy (non-hydrogen) atoms. The summed E-state index contributed by atoms with van der Waals surface area (Å²) in [5.74, 6) is 4.89. The number of H-pyrrole nitrogens is 1. The van der Waals surface area contributed by atoms with Crippen LogP contribution < -0.4 is 11.3 Å². The van der Waals surface area contributed by atoms with E-state index in [-0.39, 0.29) is 0 Å². The van der Waals surface area contributed by atoms with Crippen molar-refractivity contribution in [1.82, 2.24) is 4.37 Å². The lowest BCUT2D eigenvalue weighted by molar-refractivity contribution is 1.10. The minimum absolute atomic E-state index is 0.727. The van der Waals surface area contributed by atoms with Gasteiger partial charge in [0.2, 0.25) is 0 Å². The van der Waals surface area contributed by atoms with Gasteiger partial charge in [0, 0.05) is 5.38 Å². The first-order chi connectivity index (χ1) is 3.43. The lowest BCUT2D eigenvalue weighted by Crippen LogP contribution is -2.02. The first kappa shape index (κ1) is 4.39. The van der Waals surface area contributed by atoms with E-state index in [9.17, 15) is 0 Å². The van der Waals surface area contributed by atoms with Crippen molar-refractivity contribution in [2.24, 2.45) is 10.9 Å². The van der Waals surface area contributed by atoms with Crippen LogP contribution in [0.25, 0.3) is 0 Å². The normalized spacial score (nSPS) is 12.3. The molecule has 1 aromatic rings. The summed E-state index contributed by atoms with van der Waals surface area (Å²) in [6, 6.07) is 1.81. The van der Waals surface area contributed by atoms with Crippen molar-refractivity contribution in [3.05, 3.63) is 16.9 Å². The molecular formula is C3H5N3S. The third kappa shape index (κ3) is 0.806. The molecule has 0 spiro atoms. The summed E-state index contributed by atoms with van der Waals surface area (Å²) in [5.41, 5.74) is 0.727. The van der Waals surface area contributed by atoms with Gasteiger partial charge in [0.15, 0.2) is 5.49 Å². The van der Waals surface area contributed by atoms with Crippen LogP contribution in [0.15, 0.2) is 16.5 Å². The molecule has 0 unspecified atom stereocenters. The molecule has 0 saturated carbocycles. The first-order valence-corrected chi connectivity index (χ1v) is 2.67. The number of rotatable bonds is 0. The van der Waals surface area contributed by atoms with E-state index in [4.69, 9.17) is 5.84 Å². The van der Waals surface area contributed by atoms with Gasteiger partial charge in [0.1, 0.15) is 0 Å². The minimum atomic E-state index is 0.727. The highest BCUT2D eigenvalue weighted by atomic mass is 32.1. The molecule has 3 nitrogen and oxygen atoms in total. The molecule has 0 saturated heterocycles. The molecule has 0 radical (unpaired) electrons. The summed E-state index contributed by atoms with van der Waals surface area (Å²) in [7, 11) is 0. The van der Waals surface area contributed by atoms with Gasteiger partial charge in [-0.1, -0.05) is 11.5 Å². The fourth-order valence-electron chi connectivity index (χ4n) is 0.296. The number of hydrogen-bond acceptors (Lipinski definition) is 3. The maximum atomic E-state index is 4.89. The summed E-state index contributed by atoms with van der Waals surface area (Å²) < 4.78 is 2.84. The number of nitrogens with zero attached hydrogens (tertiary/aromatic N) is 1. The Morgan fingerprint density at radius 3 is 3.00 bits per heavy atom. The molecule has 1 heterocycles. The minimum Gasteiger partial charge on any atom is -0.321 e. The Morgan fingerprint density at radius 1 is 1.86 bits per heavy atom. The molecule has 38 valence electrons. The lowest BCUT2D eigenvalue weighted by atomic mass is 10.7. The second-order valence-corrected chi connectivity index (χ2v) is 1.75. The van der Waals surface area contributed by atoms with Gasteiger partial charge in [-0.25, -0.2) is 0 Å². The van der Waals surface area contributed by atoms with Crippen LogP contribution in [0, 0.1) is 0 Å². The monoisotopic (exact) mass is 115 g/mol. The molecule has 0 fully saturated rings. The largest absolute Gasteiger partial charge is 0.321 e. The summed E-state index contributed by atoms with van der Waals surface area (Å²) in [6.07, 6.45) is 0. The highest BCUT2D eigenvalue weighted by Gasteiger charge is 1.71. The Bertz CT molecular complexity index is 169. The van der Waals surface area contributed by atoms with Crippen LogP contribution in [0.4, 0.5) is 0 Å². The number of hydrogen-bond donors (Lipinski definition) is 2. The van der Waals surface area contributed by atoms with Crippen LogP contribution in [0.5, 0.6) is 0 Å². The predicted octanol–water partition coefficient (Wildman–Crippen LogP) is -0.149. The van der Waals surface area contributed by atoms with Crippen molar-refractivity contribution >= 4 is 11.5 Å². The first-order valence-electron chi connectivity index (χ1n) is 1.79. The Morgan fingerprint density at radius 2 is 2.71 bits per heavy atom. The van der Waals surface area contributed by atoms with Crippen LogP contribution in [-0.2, 0) is 0 Å². The molecule has 0 aliphatic carbocycles. The van der Waals surface area contributed by atoms with Crippen LogP contribution in [0.1, 0.15) is 0 Å². The van der Waals surface area contributed by atoms with Gasteiger partial charge in [-0.3, -0.25) is 4.37 Å². The molecule has 0 aliphatic heterocycles. The molecule has 0 amide bonds. The second-order valence-electron chi connectivity index (χ2n) is 1.04. The van der Waals surface area contributed by atoms with Gasteiger partial charge < -0.3 is 5.84 Å². The number of nitrogens with two attached hydrogens (primary N) is 1. The molecule has 0 aromatic carbocycles. The Kier molecular flexibility index (Phi) is 1.12. The summed E-state index contributed by atoms with van der Waals surface area (Å²) in [5, 5.41) is 5.27. The molecule has 4 heteroatoms. The zero-order valence-electron chi connectivity index (χ0n) is 3.59. The SMILES string of the molecule is NN=c1ccs[nH]1. The van der Waals surface area contributed by atoms with E-state index in [2.05, 4.69) is 9.47 Å². The third-order valence-corrected chi connectivity index (χ3v) is 1.20. The maximum absolute atomic E-state index is 4.89. The van der Waals surface area contributed by atoms with Crippen molar-refractivity contribution < 1.29 is 0 Å². The molecule has 0 atom stereocenters. The predicted molar refractivity (Wildman–Crippen MR) is 28.4 cm³/mol. The third-order valence-electron chi connectivity index (χ3n) is 0.597.